The summed E-state index contributed by atoms with van der Waals surface area (Å²) in [5, 5.41) is 7.65. The minimum atomic E-state index is -2.93. The Labute approximate surface area is 47.5 Å². The van der Waals surface area contributed by atoms with Crippen molar-refractivity contribution >= 4 is 22.6 Å². The van der Waals surface area contributed by atoms with Crippen LogP contribution in [0.5, 0.6) is 0 Å². The van der Waals surface area contributed by atoms with E-state index in [1.807, 2.05) is 0 Å². The highest BCUT2D eigenvalue weighted by atomic mass is 127. The Bertz CT molecular complexity index is 41.3. The lowest BCUT2D eigenvalue weighted by molar-refractivity contribution is 0.0532. The summed E-state index contributed by atoms with van der Waals surface area (Å²) in [5.41, 5.74) is 0. The predicted molar refractivity (Wildman–Crippen MR) is 26.1 cm³/mol. The highest BCUT2D eigenvalue weighted by Crippen LogP contribution is 2.19. The summed E-state index contributed by atoms with van der Waals surface area (Å²) >= 11 is 0.857. The van der Waals surface area contributed by atoms with Gasteiger partial charge in [-0.3, -0.25) is 0 Å². The number of rotatable bonds is 1. The van der Waals surface area contributed by atoms with Gasteiger partial charge >= 0.3 is 3.93 Å². The predicted octanol–water partition coefficient (Wildman–Crippen LogP) is 1.01. The molecule has 0 heterocycles. The van der Waals surface area contributed by atoms with Crippen molar-refractivity contribution < 1.29 is 13.9 Å². The van der Waals surface area contributed by atoms with E-state index in [0.717, 1.165) is 22.6 Å². The highest BCUT2D eigenvalue weighted by Gasteiger charge is 2.20. The number of hydrogen-bond acceptors (Lipinski definition) is 1. The number of hydrogen-bond donors (Lipinski definition) is 1. The van der Waals surface area contributed by atoms with Gasteiger partial charge in [0.1, 0.15) is 6.61 Å². The molecule has 0 amide bonds. The zero-order chi connectivity index (χ0) is 5.21. The number of halogens is 3. The van der Waals surface area contributed by atoms with Crippen LogP contribution in [0.3, 0.4) is 0 Å². The molecular formula is C2H3F2IO. The van der Waals surface area contributed by atoms with Crippen LogP contribution in [0.1, 0.15) is 0 Å². The van der Waals surface area contributed by atoms with Gasteiger partial charge in [-0.2, -0.15) is 8.78 Å². The van der Waals surface area contributed by atoms with Gasteiger partial charge in [-0.1, -0.05) is 0 Å². The third-order valence-corrected chi connectivity index (χ3v) is 0.520. The van der Waals surface area contributed by atoms with Crippen molar-refractivity contribution in [2.24, 2.45) is 0 Å². The molecule has 0 saturated carbocycles. The number of aliphatic hydroxyl groups is 1. The van der Waals surface area contributed by atoms with Gasteiger partial charge in [0.2, 0.25) is 0 Å². The molecule has 0 aliphatic carbocycles. The topological polar surface area (TPSA) is 20.2 Å². The molecule has 0 radical (unpaired) electrons. The molecule has 4 heteroatoms. The highest BCUT2D eigenvalue weighted by molar-refractivity contribution is 14.1. The van der Waals surface area contributed by atoms with Crippen molar-refractivity contribution in [2.75, 3.05) is 6.61 Å². The van der Waals surface area contributed by atoms with Gasteiger partial charge in [0, 0.05) is 22.6 Å². The van der Waals surface area contributed by atoms with Crippen LogP contribution in [0, 0.1) is 0 Å². The third-order valence-electron chi connectivity index (χ3n) is 0.179. The van der Waals surface area contributed by atoms with Crippen LogP contribution >= 0.6 is 22.6 Å². The normalized spacial score (nSPS) is 12.0. The Morgan fingerprint density at radius 2 is 1.83 bits per heavy atom. The fourth-order valence-corrected chi connectivity index (χ4v) is 0. The fraction of sp³-hybridized carbons (Fsp3) is 1.00. The van der Waals surface area contributed by atoms with Gasteiger partial charge in [0.25, 0.3) is 0 Å². The molecule has 0 atom stereocenters. The largest absolute Gasteiger partial charge is 0.389 e. The molecule has 0 aliphatic rings. The first-order chi connectivity index (χ1) is 2.56. The Morgan fingerprint density at radius 3 is 1.83 bits per heavy atom. The second-order valence-corrected chi connectivity index (χ2v) is 2.35. The average Bonchev–Trinajstić information content (AvgIpc) is 1.35. The summed E-state index contributed by atoms with van der Waals surface area (Å²) in [5.74, 6) is 0. The van der Waals surface area contributed by atoms with Crippen molar-refractivity contribution in [3.05, 3.63) is 0 Å². The van der Waals surface area contributed by atoms with Crippen molar-refractivity contribution in [1.29, 1.82) is 0 Å². The molecule has 0 aromatic rings. The zero-order valence-electron chi connectivity index (χ0n) is 2.79. The maximum absolute atomic E-state index is 11.2. The van der Waals surface area contributed by atoms with Gasteiger partial charge in [0.15, 0.2) is 0 Å². The fourth-order valence-electron chi connectivity index (χ4n) is 0. The molecule has 0 bridgehead atoms. The zero-order valence-corrected chi connectivity index (χ0v) is 4.95. The lowest BCUT2D eigenvalue weighted by Crippen LogP contribution is -2.09. The monoisotopic (exact) mass is 208 g/mol. The molecule has 38 valence electrons. The van der Waals surface area contributed by atoms with E-state index in [0.29, 0.717) is 0 Å². The van der Waals surface area contributed by atoms with E-state index in [1.165, 1.54) is 0 Å². The standard InChI is InChI=1S/C2H3F2IO/c3-2(4,5)1-6/h6H,1H2. The molecule has 0 fully saturated rings. The lowest BCUT2D eigenvalue weighted by atomic mass is 10.8. The Balaban J connectivity index is 3.17. The quantitative estimate of drug-likeness (QED) is 0.503. The summed E-state index contributed by atoms with van der Waals surface area (Å²) in [6.07, 6.45) is 0. The molecule has 0 saturated heterocycles. The molecule has 0 aromatic heterocycles. The van der Waals surface area contributed by atoms with E-state index in [9.17, 15) is 8.78 Å². The van der Waals surface area contributed by atoms with Crippen LogP contribution in [0.2, 0.25) is 0 Å². The van der Waals surface area contributed by atoms with E-state index < -0.39 is 10.5 Å². The van der Waals surface area contributed by atoms with Gasteiger partial charge in [0.05, 0.1) is 0 Å². The van der Waals surface area contributed by atoms with E-state index in [2.05, 4.69) is 0 Å². The lowest BCUT2D eigenvalue weighted by Gasteiger charge is -1.98. The first kappa shape index (κ1) is 6.55. The molecular weight excluding hydrogens is 205 g/mol. The average molecular weight is 208 g/mol. The molecule has 0 spiro atoms. The number of aliphatic hydroxyl groups excluding tert-OH is 1. The molecule has 0 unspecified atom stereocenters. The Hall–Kier alpha value is 0.550. The van der Waals surface area contributed by atoms with Crippen LogP contribution in [0.15, 0.2) is 0 Å². The van der Waals surface area contributed by atoms with Crippen molar-refractivity contribution in [1.82, 2.24) is 0 Å². The van der Waals surface area contributed by atoms with Gasteiger partial charge in [-0.25, -0.2) is 0 Å². The molecule has 6 heavy (non-hydrogen) atoms. The van der Waals surface area contributed by atoms with Crippen LogP contribution in [0.25, 0.3) is 0 Å². The molecule has 0 aliphatic heterocycles. The van der Waals surface area contributed by atoms with Gasteiger partial charge < -0.3 is 5.11 Å². The van der Waals surface area contributed by atoms with Crippen LogP contribution in [-0.2, 0) is 0 Å². The molecule has 0 aromatic carbocycles. The van der Waals surface area contributed by atoms with E-state index >= 15 is 0 Å². The maximum atomic E-state index is 11.2. The second kappa shape index (κ2) is 2.02. The second-order valence-electron chi connectivity index (χ2n) is 0.773. The molecule has 1 N–H and O–H groups in total. The summed E-state index contributed by atoms with van der Waals surface area (Å²) in [6.45, 7) is -1.08. The van der Waals surface area contributed by atoms with E-state index in [4.69, 9.17) is 5.11 Å². The van der Waals surface area contributed by atoms with Crippen molar-refractivity contribution in [2.45, 2.75) is 3.93 Å². The van der Waals surface area contributed by atoms with Gasteiger partial charge in [-0.15, -0.1) is 0 Å². The van der Waals surface area contributed by atoms with Gasteiger partial charge in [-0.05, 0) is 0 Å². The van der Waals surface area contributed by atoms with Crippen LogP contribution in [0.4, 0.5) is 8.78 Å². The number of alkyl halides is 3. The third kappa shape index (κ3) is 4.55. The first-order valence-corrected chi connectivity index (χ1v) is 2.32. The van der Waals surface area contributed by atoms with Crippen LogP contribution < -0.4 is 0 Å². The SMILES string of the molecule is OCC(F)(F)I. The smallest absolute Gasteiger partial charge is 0.318 e. The minimum Gasteiger partial charge on any atom is -0.389 e. The van der Waals surface area contributed by atoms with Crippen molar-refractivity contribution in [3.8, 4) is 0 Å². The minimum absolute atomic E-state index is 0.857. The molecule has 1 nitrogen and oxygen atoms in total. The maximum Gasteiger partial charge on any atom is 0.318 e. The van der Waals surface area contributed by atoms with Crippen LogP contribution in [-0.4, -0.2) is 15.6 Å². The molecule has 0 rings (SSSR count). The Morgan fingerprint density at radius 1 is 1.67 bits per heavy atom. The summed E-state index contributed by atoms with van der Waals surface area (Å²) in [7, 11) is 0. The van der Waals surface area contributed by atoms with E-state index in [1.54, 1.807) is 0 Å². The van der Waals surface area contributed by atoms with Crippen molar-refractivity contribution in [3.63, 3.8) is 0 Å². The summed E-state index contributed by atoms with van der Waals surface area (Å²) in [4.78, 5) is 0. The summed E-state index contributed by atoms with van der Waals surface area (Å²) in [6, 6.07) is 0. The Kier molecular flexibility index (Phi) is 2.20. The van der Waals surface area contributed by atoms with E-state index in [-0.39, 0.29) is 0 Å². The first-order valence-electron chi connectivity index (χ1n) is 1.24. The summed E-state index contributed by atoms with van der Waals surface area (Å²) < 4.78 is 19.4.